The summed E-state index contributed by atoms with van der Waals surface area (Å²) >= 11 is 5.64. The number of unbranched alkanes of at least 4 members (excludes halogenated alkanes) is 1. The molecule has 86 valence electrons. The summed E-state index contributed by atoms with van der Waals surface area (Å²) in [4.78, 5) is 4.48. The Morgan fingerprint density at radius 2 is 2.19 bits per heavy atom. The molecule has 0 radical (unpaired) electrons. The predicted molar refractivity (Wildman–Crippen MR) is 67.0 cm³/mol. The Kier molecular flexibility index (Phi) is 3.83. The van der Waals surface area contributed by atoms with Crippen LogP contribution in [-0.4, -0.2) is 10.9 Å². The largest absolute Gasteiger partial charge is 0.441 e. The molecule has 0 unspecified atom stereocenters. The number of oxazole rings is 1. The average molecular weight is 238 g/mol. The van der Waals surface area contributed by atoms with Crippen LogP contribution in [0.5, 0.6) is 0 Å². The van der Waals surface area contributed by atoms with Crippen LogP contribution in [0.25, 0.3) is 11.1 Å². The van der Waals surface area contributed by atoms with E-state index in [1.165, 1.54) is 5.56 Å². The molecule has 1 aromatic carbocycles. The molecular formula is C13H16ClNO. The molecule has 16 heavy (non-hydrogen) atoms. The van der Waals surface area contributed by atoms with Gasteiger partial charge in [-0.05, 0) is 37.0 Å². The fourth-order valence-electron chi connectivity index (χ4n) is 1.72. The van der Waals surface area contributed by atoms with Crippen molar-refractivity contribution in [2.75, 3.05) is 5.88 Å². The van der Waals surface area contributed by atoms with Crippen LogP contribution in [0.2, 0.25) is 0 Å². The van der Waals surface area contributed by atoms with Gasteiger partial charge in [0.15, 0.2) is 11.5 Å². The lowest BCUT2D eigenvalue weighted by molar-refractivity contribution is 0.518. The van der Waals surface area contributed by atoms with E-state index in [-0.39, 0.29) is 0 Å². The molecule has 0 N–H and O–H groups in total. The van der Waals surface area contributed by atoms with Gasteiger partial charge < -0.3 is 4.42 Å². The zero-order valence-electron chi connectivity index (χ0n) is 9.50. The number of aromatic nitrogens is 1. The first-order valence-electron chi connectivity index (χ1n) is 5.77. The molecule has 0 fully saturated rings. The molecule has 2 aromatic rings. The molecule has 0 aliphatic carbocycles. The summed E-state index contributed by atoms with van der Waals surface area (Å²) in [5.41, 5.74) is 3.16. The standard InChI is InChI=1S/C13H16ClNO/c1-2-10-6-7-12-11(9-10)15-13(16-12)5-3-4-8-14/h6-7,9H,2-5,8H2,1H3. The highest BCUT2D eigenvalue weighted by atomic mass is 35.5. The molecule has 0 saturated heterocycles. The van der Waals surface area contributed by atoms with Crippen molar-refractivity contribution < 1.29 is 4.42 Å². The lowest BCUT2D eigenvalue weighted by atomic mass is 10.1. The number of alkyl halides is 1. The number of rotatable bonds is 5. The molecular weight excluding hydrogens is 222 g/mol. The van der Waals surface area contributed by atoms with Crippen molar-refractivity contribution in [2.24, 2.45) is 0 Å². The van der Waals surface area contributed by atoms with Gasteiger partial charge >= 0.3 is 0 Å². The maximum absolute atomic E-state index is 5.66. The molecule has 1 heterocycles. The molecule has 2 nitrogen and oxygen atoms in total. The summed E-state index contributed by atoms with van der Waals surface area (Å²) in [6, 6.07) is 6.20. The third-order valence-corrected chi connectivity index (χ3v) is 2.95. The number of aryl methyl sites for hydroxylation is 2. The first kappa shape index (κ1) is 11.5. The fourth-order valence-corrected chi connectivity index (χ4v) is 1.91. The van der Waals surface area contributed by atoms with Crippen LogP contribution in [0.3, 0.4) is 0 Å². The fraction of sp³-hybridized carbons (Fsp3) is 0.462. The number of nitrogens with zero attached hydrogens (tertiary/aromatic N) is 1. The Balaban J connectivity index is 2.16. The van der Waals surface area contributed by atoms with E-state index in [9.17, 15) is 0 Å². The van der Waals surface area contributed by atoms with E-state index in [1.807, 2.05) is 6.07 Å². The lowest BCUT2D eigenvalue weighted by Gasteiger charge is -1.92. The van der Waals surface area contributed by atoms with Gasteiger partial charge in [-0.15, -0.1) is 11.6 Å². The van der Waals surface area contributed by atoms with Crippen molar-refractivity contribution >= 4 is 22.7 Å². The van der Waals surface area contributed by atoms with Gasteiger partial charge in [-0.2, -0.15) is 0 Å². The molecule has 1 aromatic heterocycles. The van der Waals surface area contributed by atoms with Gasteiger partial charge in [-0.1, -0.05) is 13.0 Å². The second-order valence-electron chi connectivity index (χ2n) is 3.91. The van der Waals surface area contributed by atoms with Crippen LogP contribution in [-0.2, 0) is 12.8 Å². The number of hydrogen-bond donors (Lipinski definition) is 0. The molecule has 0 spiro atoms. The van der Waals surface area contributed by atoms with Crippen molar-refractivity contribution in [1.29, 1.82) is 0 Å². The zero-order valence-corrected chi connectivity index (χ0v) is 10.3. The van der Waals surface area contributed by atoms with E-state index in [2.05, 4.69) is 24.0 Å². The summed E-state index contributed by atoms with van der Waals surface area (Å²) in [5, 5.41) is 0. The van der Waals surface area contributed by atoms with E-state index >= 15 is 0 Å². The SMILES string of the molecule is CCc1ccc2oc(CCCCCl)nc2c1. The third kappa shape index (κ3) is 2.56. The Morgan fingerprint density at radius 3 is 2.94 bits per heavy atom. The Bertz CT molecular complexity index is 464. The third-order valence-electron chi connectivity index (χ3n) is 2.68. The molecule has 0 bridgehead atoms. The summed E-state index contributed by atoms with van der Waals surface area (Å²) < 4.78 is 5.66. The minimum atomic E-state index is 0.709. The molecule has 2 rings (SSSR count). The topological polar surface area (TPSA) is 26.0 Å². The maximum Gasteiger partial charge on any atom is 0.195 e. The van der Waals surface area contributed by atoms with Gasteiger partial charge in [0.1, 0.15) is 5.52 Å². The van der Waals surface area contributed by atoms with Crippen molar-refractivity contribution in [3.63, 3.8) is 0 Å². The summed E-state index contributed by atoms with van der Waals surface area (Å²) in [5.74, 6) is 1.54. The number of hydrogen-bond acceptors (Lipinski definition) is 2. The molecule has 0 aliphatic heterocycles. The van der Waals surface area contributed by atoms with E-state index < -0.39 is 0 Å². The summed E-state index contributed by atoms with van der Waals surface area (Å²) in [6.45, 7) is 2.14. The van der Waals surface area contributed by atoms with Crippen molar-refractivity contribution in [2.45, 2.75) is 32.6 Å². The molecule has 0 amide bonds. The minimum Gasteiger partial charge on any atom is -0.441 e. The van der Waals surface area contributed by atoms with E-state index in [1.54, 1.807) is 0 Å². The van der Waals surface area contributed by atoms with E-state index in [0.717, 1.165) is 42.7 Å². The van der Waals surface area contributed by atoms with Crippen LogP contribution < -0.4 is 0 Å². The number of fused-ring (bicyclic) bond motifs is 1. The smallest absolute Gasteiger partial charge is 0.195 e. The summed E-state index contributed by atoms with van der Waals surface area (Å²) in [6.07, 6.45) is 3.96. The zero-order chi connectivity index (χ0) is 11.4. The van der Waals surface area contributed by atoms with Gasteiger partial charge in [0, 0.05) is 12.3 Å². The van der Waals surface area contributed by atoms with E-state index in [0.29, 0.717) is 5.88 Å². The second kappa shape index (κ2) is 5.35. The predicted octanol–water partition coefficient (Wildman–Crippen LogP) is 3.95. The van der Waals surface area contributed by atoms with Crippen molar-refractivity contribution in [3.05, 3.63) is 29.7 Å². The van der Waals surface area contributed by atoms with E-state index in [4.69, 9.17) is 16.0 Å². The minimum absolute atomic E-state index is 0.709. The van der Waals surface area contributed by atoms with Gasteiger partial charge in [0.2, 0.25) is 0 Å². The number of benzene rings is 1. The highest BCUT2D eigenvalue weighted by Crippen LogP contribution is 2.18. The van der Waals surface area contributed by atoms with Crippen molar-refractivity contribution in [1.82, 2.24) is 4.98 Å². The molecule has 0 atom stereocenters. The highest BCUT2D eigenvalue weighted by Gasteiger charge is 2.05. The molecule has 0 aliphatic rings. The Hall–Kier alpha value is -1.02. The monoisotopic (exact) mass is 237 g/mol. The van der Waals surface area contributed by atoms with Crippen LogP contribution in [0.1, 0.15) is 31.2 Å². The van der Waals surface area contributed by atoms with Gasteiger partial charge in [-0.25, -0.2) is 4.98 Å². The maximum atomic E-state index is 5.66. The highest BCUT2D eigenvalue weighted by molar-refractivity contribution is 6.17. The van der Waals surface area contributed by atoms with Gasteiger partial charge in [0.05, 0.1) is 0 Å². The number of halogens is 1. The lowest BCUT2D eigenvalue weighted by Crippen LogP contribution is -1.85. The van der Waals surface area contributed by atoms with Gasteiger partial charge in [-0.3, -0.25) is 0 Å². The second-order valence-corrected chi connectivity index (χ2v) is 4.29. The molecule has 3 heteroatoms. The first-order chi connectivity index (χ1) is 7.83. The first-order valence-corrected chi connectivity index (χ1v) is 6.31. The quantitative estimate of drug-likeness (QED) is 0.581. The van der Waals surface area contributed by atoms with Crippen LogP contribution >= 0.6 is 11.6 Å². The molecule has 0 saturated carbocycles. The normalized spacial score (nSPS) is 11.1. The average Bonchev–Trinajstić information content (AvgIpc) is 2.70. The Morgan fingerprint density at radius 1 is 1.31 bits per heavy atom. The summed E-state index contributed by atoms with van der Waals surface area (Å²) in [7, 11) is 0. The van der Waals surface area contributed by atoms with Crippen LogP contribution in [0.15, 0.2) is 22.6 Å². The van der Waals surface area contributed by atoms with Gasteiger partial charge in [0.25, 0.3) is 0 Å². The van der Waals surface area contributed by atoms with Crippen molar-refractivity contribution in [3.8, 4) is 0 Å². The van der Waals surface area contributed by atoms with Crippen LogP contribution in [0.4, 0.5) is 0 Å². The van der Waals surface area contributed by atoms with Crippen LogP contribution in [0, 0.1) is 0 Å². The Labute approximate surface area is 101 Å².